The highest BCUT2D eigenvalue weighted by molar-refractivity contribution is 8.23. The quantitative estimate of drug-likeness (QED) is 0.474. The summed E-state index contributed by atoms with van der Waals surface area (Å²) in [6, 6.07) is 4.12. The van der Waals surface area contributed by atoms with E-state index >= 15 is 0 Å². The second kappa shape index (κ2) is 8.92. The number of anilines is 1. The fraction of sp³-hybridized carbons (Fsp3) is 0.385. The predicted molar refractivity (Wildman–Crippen MR) is 94.7 cm³/mol. The molecule has 0 atom stereocenters. The Morgan fingerprint density at radius 1 is 1.45 bits per heavy atom. The lowest BCUT2D eigenvalue weighted by Gasteiger charge is -2.20. The topological polar surface area (TPSA) is 75.5 Å². The van der Waals surface area contributed by atoms with Gasteiger partial charge in [0.1, 0.15) is 9.34 Å². The number of thioether (sulfide) groups is 1. The van der Waals surface area contributed by atoms with Crippen LogP contribution in [-0.2, 0) is 4.79 Å². The minimum absolute atomic E-state index is 0.0279. The minimum Gasteiger partial charge on any atom is -0.358 e. The van der Waals surface area contributed by atoms with Gasteiger partial charge in [-0.1, -0.05) is 35.6 Å². The van der Waals surface area contributed by atoms with Crippen LogP contribution in [-0.4, -0.2) is 38.9 Å². The largest absolute Gasteiger partial charge is 0.358 e. The summed E-state index contributed by atoms with van der Waals surface area (Å²) >= 11 is 12.2. The summed E-state index contributed by atoms with van der Waals surface area (Å²) in [6.07, 6.45) is 0. The molecule has 120 valence electrons. The van der Waals surface area contributed by atoms with E-state index in [1.165, 1.54) is 30.0 Å². The molecule has 0 heterocycles. The number of halogens is 1. The summed E-state index contributed by atoms with van der Waals surface area (Å²) in [7, 11) is 0. The van der Waals surface area contributed by atoms with Gasteiger partial charge in [-0.2, -0.15) is 0 Å². The van der Waals surface area contributed by atoms with E-state index in [-0.39, 0.29) is 22.4 Å². The Morgan fingerprint density at radius 3 is 2.64 bits per heavy atom. The number of thiocarbonyl (C=S) groups is 1. The van der Waals surface area contributed by atoms with Crippen LogP contribution in [0.15, 0.2) is 18.2 Å². The first kappa shape index (κ1) is 18.7. The van der Waals surface area contributed by atoms with Crippen LogP contribution in [0.3, 0.4) is 0 Å². The lowest BCUT2D eigenvalue weighted by Crippen LogP contribution is -2.28. The van der Waals surface area contributed by atoms with Crippen molar-refractivity contribution in [3.8, 4) is 0 Å². The summed E-state index contributed by atoms with van der Waals surface area (Å²) in [5, 5.41) is 13.4. The van der Waals surface area contributed by atoms with E-state index in [1.54, 1.807) is 0 Å². The fourth-order valence-corrected chi connectivity index (χ4v) is 3.02. The number of benzene rings is 1. The fourth-order valence-electron chi connectivity index (χ4n) is 1.63. The smallest absolute Gasteiger partial charge is 0.289 e. The molecule has 0 aliphatic rings. The maximum Gasteiger partial charge on any atom is 0.289 e. The van der Waals surface area contributed by atoms with Gasteiger partial charge in [-0.3, -0.25) is 14.9 Å². The number of nitro benzene ring substituents is 1. The van der Waals surface area contributed by atoms with Gasteiger partial charge in [-0.05, 0) is 26.0 Å². The standard InChI is InChI=1S/C13H16ClN3O3S2/c1-3-16(4-2)13(21)22-8-12(18)15-9-5-6-10(14)11(7-9)17(19)20/h5-7H,3-4,8H2,1-2H3,(H,15,18). The molecule has 0 saturated heterocycles. The second-order valence-corrected chi connectivity index (χ2v) is 6.21. The van der Waals surface area contributed by atoms with E-state index in [4.69, 9.17) is 23.8 Å². The number of nitro groups is 1. The number of hydrogen-bond donors (Lipinski definition) is 1. The highest BCUT2D eigenvalue weighted by Crippen LogP contribution is 2.27. The van der Waals surface area contributed by atoms with E-state index in [9.17, 15) is 14.9 Å². The molecule has 1 rings (SSSR count). The molecule has 0 aliphatic heterocycles. The summed E-state index contributed by atoms with van der Waals surface area (Å²) in [5.74, 6) is -0.137. The molecule has 6 nitrogen and oxygen atoms in total. The molecule has 9 heteroatoms. The zero-order chi connectivity index (χ0) is 16.7. The predicted octanol–water partition coefficient (Wildman–Crippen LogP) is 3.55. The van der Waals surface area contributed by atoms with Crippen LogP contribution in [0.2, 0.25) is 5.02 Å². The third-order valence-corrected chi connectivity index (χ3v) is 4.62. The molecule has 0 fully saturated rings. The van der Waals surface area contributed by atoms with Crippen molar-refractivity contribution in [3.05, 3.63) is 33.3 Å². The van der Waals surface area contributed by atoms with Crippen molar-refractivity contribution in [2.45, 2.75) is 13.8 Å². The summed E-state index contributed by atoms with van der Waals surface area (Å²) < 4.78 is 0.655. The summed E-state index contributed by atoms with van der Waals surface area (Å²) in [5.41, 5.74) is 0.0845. The van der Waals surface area contributed by atoms with Gasteiger partial charge in [-0.15, -0.1) is 0 Å². The summed E-state index contributed by atoms with van der Waals surface area (Å²) in [4.78, 5) is 24.0. The van der Waals surface area contributed by atoms with Gasteiger partial charge in [0.25, 0.3) is 5.69 Å². The van der Waals surface area contributed by atoms with Crippen LogP contribution in [0.4, 0.5) is 11.4 Å². The Hall–Kier alpha value is -1.38. The molecule has 0 spiro atoms. The van der Waals surface area contributed by atoms with Crippen molar-refractivity contribution in [2.24, 2.45) is 0 Å². The van der Waals surface area contributed by atoms with Gasteiger partial charge >= 0.3 is 0 Å². The van der Waals surface area contributed by atoms with E-state index in [0.29, 0.717) is 10.0 Å². The lowest BCUT2D eigenvalue weighted by molar-refractivity contribution is -0.384. The van der Waals surface area contributed by atoms with Crippen LogP contribution in [0, 0.1) is 10.1 Å². The molecule has 1 aromatic carbocycles. The zero-order valence-electron chi connectivity index (χ0n) is 12.2. The molecular weight excluding hydrogens is 346 g/mol. The Bertz CT molecular complexity index is 580. The minimum atomic E-state index is -0.595. The second-order valence-electron chi connectivity index (χ2n) is 4.20. The molecule has 22 heavy (non-hydrogen) atoms. The molecular formula is C13H16ClN3O3S2. The number of nitrogens with zero attached hydrogens (tertiary/aromatic N) is 2. The highest BCUT2D eigenvalue weighted by Gasteiger charge is 2.14. The SMILES string of the molecule is CCN(CC)C(=S)SCC(=O)Nc1ccc(Cl)c([N+](=O)[O-])c1. The number of nitrogens with one attached hydrogen (secondary N) is 1. The third kappa shape index (κ3) is 5.43. The third-order valence-electron chi connectivity index (χ3n) is 2.77. The average Bonchev–Trinajstić information content (AvgIpc) is 2.48. The first-order chi connectivity index (χ1) is 10.4. The van der Waals surface area contributed by atoms with Crippen LogP contribution in [0.5, 0.6) is 0 Å². The van der Waals surface area contributed by atoms with Gasteiger partial charge in [0.2, 0.25) is 5.91 Å². The maximum atomic E-state index is 11.9. The van der Waals surface area contributed by atoms with Crippen LogP contribution >= 0.6 is 35.6 Å². The number of carbonyl (C=O) groups excluding carboxylic acids is 1. The number of carbonyl (C=O) groups is 1. The van der Waals surface area contributed by atoms with Crippen molar-refractivity contribution < 1.29 is 9.72 Å². The molecule has 1 aromatic rings. The number of amides is 1. The van der Waals surface area contributed by atoms with E-state index < -0.39 is 4.92 Å². The first-order valence-electron chi connectivity index (χ1n) is 6.54. The monoisotopic (exact) mass is 361 g/mol. The molecule has 1 amide bonds. The molecule has 0 unspecified atom stereocenters. The molecule has 0 aliphatic carbocycles. The van der Waals surface area contributed by atoms with Crippen molar-refractivity contribution in [3.63, 3.8) is 0 Å². The van der Waals surface area contributed by atoms with E-state index in [2.05, 4.69) is 5.32 Å². The highest BCUT2D eigenvalue weighted by atomic mass is 35.5. The van der Waals surface area contributed by atoms with Crippen LogP contribution in [0.1, 0.15) is 13.8 Å². The normalized spacial score (nSPS) is 10.1. The first-order valence-corrected chi connectivity index (χ1v) is 8.31. The van der Waals surface area contributed by atoms with Crippen LogP contribution < -0.4 is 5.32 Å². The molecule has 1 N–H and O–H groups in total. The van der Waals surface area contributed by atoms with Crippen molar-refractivity contribution in [2.75, 3.05) is 24.2 Å². The molecule has 0 bridgehead atoms. The summed E-state index contributed by atoms with van der Waals surface area (Å²) in [6.45, 7) is 5.55. The number of rotatable bonds is 6. The van der Waals surface area contributed by atoms with Crippen molar-refractivity contribution in [1.29, 1.82) is 0 Å². The Morgan fingerprint density at radius 2 is 2.09 bits per heavy atom. The van der Waals surface area contributed by atoms with Gasteiger partial charge < -0.3 is 10.2 Å². The Labute approximate surface area is 143 Å². The molecule has 0 saturated carbocycles. The zero-order valence-corrected chi connectivity index (χ0v) is 14.6. The van der Waals surface area contributed by atoms with Gasteiger partial charge in [0.05, 0.1) is 10.7 Å². The number of hydrogen-bond acceptors (Lipinski definition) is 5. The van der Waals surface area contributed by atoms with Crippen LogP contribution in [0.25, 0.3) is 0 Å². The van der Waals surface area contributed by atoms with E-state index in [0.717, 1.165) is 13.1 Å². The Kier molecular flexibility index (Phi) is 7.57. The maximum absolute atomic E-state index is 11.9. The molecule has 0 aromatic heterocycles. The van der Waals surface area contributed by atoms with Gasteiger partial charge in [-0.25, -0.2) is 0 Å². The average molecular weight is 362 g/mol. The lowest BCUT2D eigenvalue weighted by atomic mass is 10.3. The van der Waals surface area contributed by atoms with Gasteiger partial charge in [0, 0.05) is 24.8 Å². The van der Waals surface area contributed by atoms with E-state index in [1.807, 2.05) is 18.7 Å². The van der Waals surface area contributed by atoms with Crippen molar-refractivity contribution in [1.82, 2.24) is 4.90 Å². The van der Waals surface area contributed by atoms with Gasteiger partial charge in [0.15, 0.2) is 0 Å². The Balaban J connectivity index is 2.61. The molecule has 0 radical (unpaired) electrons. The van der Waals surface area contributed by atoms with Crippen molar-refractivity contribution >= 4 is 57.2 Å².